The van der Waals surface area contributed by atoms with E-state index in [9.17, 15) is 9.90 Å². The smallest absolute Gasteiger partial charge is 0.171 e. The molecule has 4 saturated carbocycles. The fraction of sp³-hybridized carbons (Fsp3) is 0.963. The molecule has 2 aliphatic heterocycles. The molecule has 4 heteroatoms. The van der Waals surface area contributed by atoms with Gasteiger partial charge in [0.1, 0.15) is 5.78 Å². The van der Waals surface area contributed by atoms with E-state index in [1.165, 1.54) is 19.3 Å². The van der Waals surface area contributed by atoms with Gasteiger partial charge in [-0.05, 0) is 85.4 Å². The quantitative estimate of drug-likeness (QED) is 0.589. The number of Topliss-reactive ketones (excluding diaryl/α,β-unsaturated/α-hetero) is 1. The van der Waals surface area contributed by atoms with Crippen LogP contribution < -0.4 is 0 Å². The predicted molar refractivity (Wildman–Crippen MR) is 118 cm³/mol. The van der Waals surface area contributed by atoms with Gasteiger partial charge in [-0.1, -0.05) is 27.7 Å². The van der Waals surface area contributed by atoms with E-state index in [1.807, 2.05) is 0 Å². The Kier molecular flexibility index (Phi) is 4.62. The van der Waals surface area contributed by atoms with E-state index in [4.69, 9.17) is 9.47 Å². The van der Waals surface area contributed by atoms with Gasteiger partial charge in [0, 0.05) is 24.7 Å². The lowest BCUT2D eigenvalue weighted by molar-refractivity contribution is -0.273. The molecule has 0 unspecified atom stereocenters. The third-order valence-electron chi connectivity index (χ3n) is 11.7. The molecule has 0 aromatic heterocycles. The number of ether oxygens (including phenoxy) is 2. The van der Waals surface area contributed by atoms with Gasteiger partial charge >= 0.3 is 0 Å². The Morgan fingerprint density at radius 1 is 0.968 bits per heavy atom. The molecule has 4 aliphatic carbocycles. The summed E-state index contributed by atoms with van der Waals surface area (Å²) < 4.78 is 13.3. The summed E-state index contributed by atoms with van der Waals surface area (Å²) in [6.07, 6.45) is 9.21. The number of hydrogen-bond acceptors (Lipinski definition) is 4. The standard InChI is InChI=1S/C27H42O4/c1-15-5-10-27(30-14-15)16(2)24-23(31-27)13-20-18-12-22(29)21-11-17(28)6-8-25(21,3)19(18)7-9-26(20,24)4/h15-21,23-24,28H,5-14H2,1-4H3/t15-,16-,17-,18+,19-,20-,21-,23-,24-,25+,26-,27-/m0/s1. The van der Waals surface area contributed by atoms with E-state index in [0.717, 1.165) is 38.7 Å². The fourth-order valence-electron chi connectivity index (χ4n) is 10.0. The predicted octanol–water partition coefficient (Wildman–Crippen LogP) is 4.97. The van der Waals surface area contributed by atoms with Crippen LogP contribution in [0.1, 0.15) is 85.5 Å². The highest BCUT2D eigenvalue weighted by atomic mass is 16.7. The third kappa shape index (κ3) is 2.74. The summed E-state index contributed by atoms with van der Waals surface area (Å²) in [6.45, 7) is 10.4. The first-order valence-corrected chi connectivity index (χ1v) is 13.2. The Hall–Kier alpha value is -0.450. The fourth-order valence-corrected chi connectivity index (χ4v) is 10.0. The molecular weight excluding hydrogens is 388 g/mol. The Balaban J connectivity index is 1.28. The molecule has 31 heavy (non-hydrogen) atoms. The van der Waals surface area contributed by atoms with Crippen LogP contribution in [-0.2, 0) is 14.3 Å². The molecule has 6 aliphatic rings. The van der Waals surface area contributed by atoms with Crippen LogP contribution in [-0.4, -0.2) is 35.5 Å². The first kappa shape index (κ1) is 21.1. The number of hydrogen-bond donors (Lipinski definition) is 1. The second-order valence-corrected chi connectivity index (χ2v) is 13.1. The largest absolute Gasteiger partial charge is 0.393 e. The number of aliphatic hydroxyl groups excluding tert-OH is 1. The van der Waals surface area contributed by atoms with Gasteiger partial charge in [-0.2, -0.15) is 0 Å². The summed E-state index contributed by atoms with van der Waals surface area (Å²) in [5.41, 5.74) is 0.355. The highest BCUT2D eigenvalue weighted by Crippen LogP contribution is 2.71. The van der Waals surface area contributed by atoms with E-state index in [1.54, 1.807) is 0 Å². The minimum Gasteiger partial charge on any atom is -0.393 e. The van der Waals surface area contributed by atoms with Crippen molar-refractivity contribution in [1.29, 1.82) is 0 Å². The molecule has 0 aromatic carbocycles. The molecule has 2 saturated heterocycles. The summed E-state index contributed by atoms with van der Waals surface area (Å²) in [5, 5.41) is 10.3. The minimum atomic E-state index is -0.356. The summed E-state index contributed by atoms with van der Waals surface area (Å²) in [7, 11) is 0. The van der Waals surface area contributed by atoms with Gasteiger partial charge in [-0.25, -0.2) is 0 Å². The van der Waals surface area contributed by atoms with Crippen molar-refractivity contribution in [1.82, 2.24) is 0 Å². The molecule has 0 aromatic rings. The average molecular weight is 431 g/mol. The summed E-state index contributed by atoms with van der Waals surface area (Å²) >= 11 is 0. The molecule has 6 fully saturated rings. The molecular formula is C27H42O4. The summed E-state index contributed by atoms with van der Waals surface area (Å²) in [6, 6.07) is 0. The molecule has 2 heterocycles. The first-order chi connectivity index (χ1) is 14.7. The van der Waals surface area contributed by atoms with Crippen molar-refractivity contribution in [3.63, 3.8) is 0 Å². The molecule has 12 atom stereocenters. The van der Waals surface area contributed by atoms with Gasteiger partial charge in [-0.15, -0.1) is 0 Å². The zero-order valence-electron chi connectivity index (χ0n) is 19.9. The Morgan fingerprint density at radius 2 is 1.74 bits per heavy atom. The molecule has 4 nitrogen and oxygen atoms in total. The zero-order chi connectivity index (χ0) is 21.8. The Bertz CT molecular complexity index is 756. The molecule has 174 valence electrons. The van der Waals surface area contributed by atoms with Crippen molar-refractivity contribution < 1.29 is 19.4 Å². The third-order valence-corrected chi connectivity index (χ3v) is 11.7. The molecule has 0 bridgehead atoms. The molecule has 0 radical (unpaired) electrons. The summed E-state index contributed by atoms with van der Waals surface area (Å²) in [4.78, 5) is 13.3. The van der Waals surface area contributed by atoms with E-state index in [2.05, 4.69) is 27.7 Å². The highest BCUT2D eigenvalue weighted by molar-refractivity contribution is 5.83. The van der Waals surface area contributed by atoms with Crippen LogP contribution >= 0.6 is 0 Å². The van der Waals surface area contributed by atoms with Crippen molar-refractivity contribution in [2.24, 2.45) is 52.3 Å². The van der Waals surface area contributed by atoms with Crippen molar-refractivity contribution in [3.05, 3.63) is 0 Å². The lowest BCUT2D eigenvalue weighted by atomic mass is 9.44. The van der Waals surface area contributed by atoms with Gasteiger partial charge in [0.05, 0.1) is 18.8 Å². The number of carbonyl (C=O) groups is 1. The monoisotopic (exact) mass is 430 g/mol. The minimum absolute atomic E-state index is 0.0823. The van der Waals surface area contributed by atoms with Crippen LogP contribution in [0.25, 0.3) is 0 Å². The van der Waals surface area contributed by atoms with Crippen molar-refractivity contribution in [2.75, 3.05) is 6.61 Å². The topological polar surface area (TPSA) is 55.8 Å². The van der Waals surface area contributed by atoms with Crippen LogP contribution in [0.4, 0.5) is 0 Å². The lowest BCUT2D eigenvalue weighted by Gasteiger charge is -2.60. The normalized spacial score (nSPS) is 60.9. The van der Waals surface area contributed by atoms with E-state index >= 15 is 0 Å². The second kappa shape index (κ2) is 6.79. The Labute approximate surface area is 187 Å². The van der Waals surface area contributed by atoms with Gasteiger partial charge in [0.15, 0.2) is 5.79 Å². The lowest BCUT2D eigenvalue weighted by Crippen LogP contribution is -2.57. The number of carbonyl (C=O) groups excluding carboxylic acids is 1. The average Bonchev–Trinajstić information content (AvgIpc) is 3.17. The van der Waals surface area contributed by atoms with E-state index < -0.39 is 0 Å². The maximum absolute atomic E-state index is 13.3. The number of fused-ring (bicyclic) bond motifs is 7. The van der Waals surface area contributed by atoms with Crippen molar-refractivity contribution >= 4 is 5.78 Å². The maximum atomic E-state index is 13.3. The van der Waals surface area contributed by atoms with Crippen LogP contribution in [0.5, 0.6) is 0 Å². The van der Waals surface area contributed by atoms with Gasteiger partial charge in [0.2, 0.25) is 0 Å². The number of ketones is 1. The van der Waals surface area contributed by atoms with Crippen molar-refractivity contribution in [2.45, 2.75) is 103 Å². The van der Waals surface area contributed by atoms with Crippen LogP contribution in [0.15, 0.2) is 0 Å². The molecule has 1 spiro atoms. The molecule has 0 amide bonds. The molecule has 6 rings (SSSR count). The highest BCUT2D eigenvalue weighted by Gasteiger charge is 2.69. The van der Waals surface area contributed by atoms with Crippen molar-refractivity contribution in [3.8, 4) is 0 Å². The summed E-state index contributed by atoms with van der Waals surface area (Å²) in [5.74, 6) is 3.53. The van der Waals surface area contributed by atoms with Crippen LogP contribution in [0.2, 0.25) is 0 Å². The first-order valence-electron chi connectivity index (χ1n) is 13.2. The van der Waals surface area contributed by atoms with Gasteiger partial charge in [0.25, 0.3) is 0 Å². The van der Waals surface area contributed by atoms with Crippen LogP contribution in [0, 0.1) is 52.3 Å². The number of rotatable bonds is 0. The van der Waals surface area contributed by atoms with Gasteiger partial charge in [-0.3, -0.25) is 4.79 Å². The SMILES string of the molecule is C[C@H]1CC[C@]2(OC1)O[C@H]1C[C@H]3[C@@H]4CC(=O)[C@@H]5C[C@@H](O)CC[C@]5(C)[C@H]4CC[C@]3(C)[C@H]1[C@@H]2C. The molecule has 1 N–H and O–H groups in total. The van der Waals surface area contributed by atoms with Gasteiger partial charge < -0.3 is 14.6 Å². The Morgan fingerprint density at radius 3 is 2.48 bits per heavy atom. The number of aliphatic hydroxyl groups is 1. The zero-order valence-corrected chi connectivity index (χ0v) is 19.9. The van der Waals surface area contributed by atoms with E-state index in [0.29, 0.717) is 53.8 Å². The second-order valence-electron chi connectivity index (χ2n) is 13.1. The van der Waals surface area contributed by atoms with Crippen LogP contribution in [0.3, 0.4) is 0 Å². The maximum Gasteiger partial charge on any atom is 0.171 e. The van der Waals surface area contributed by atoms with E-state index in [-0.39, 0.29) is 28.6 Å².